The molecule has 1 aliphatic rings. The number of hydrogen-bond acceptors (Lipinski definition) is 3. The summed E-state index contributed by atoms with van der Waals surface area (Å²) in [5.41, 5.74) is 5.04. The van der Waals surface area contributed by atoms with Gasteiger partial charge in [0.05, 0.1) is 5.41 Å². The third kappa shape index (κ3) is 1.78. The second-order valence-electron chi connectivity index (χ2n) is 4.32. The molecule has 1 fully saturated rings. The highest BCUT2D eigenvalue weighted by atomic mass is 16.2. The largest absolute Gasteiger partial charge is 0.328 e. The van der Waals surface area contributed by atoms with Crippen LogP contribution in [0.1, 0.15) is 40.0 Å². The first-order valence-corrected chi connectivity index (χ1v) is 5.59. The van der Waals surface area contributed by atoms with Crippen LogP contribution in [0.2, 0.25) is 0 Å². The fourth-order valence-electron chi connectivity index (χ4n) is 2.17. The average molecular weight is 212 g/mol. The Morgan fingerprint density at radius 1 is 1.40 bits per heavy atom. The number of hydrogen-bond donors (Lipinski definition) is 1. The van der Waals surface area contributed by atoms with Gasteiger partial charge in [0, 0.05) is 19.0 Å². The van der Waals surface area contributed by atoms with E-state index in [1.54, 1.807) is 0 Å². The Balaban J connectivity index is 2.97. The van der Waals surface area contributed by atoms with Gasteiger partial charge in [-0.15, -0.1) is 0 Å². The molecule has 1 heterocycles. The third-order valence-corrected chi connectivity index (χ3v) is 3.57. The normalized spacial score (nSPS) is 22.3. The fourth-order valence-corrected chi connectivity index (χ4v) is 2.17. The van der Waals surface area contributed by atoms with Crippen molar-refractivity contribution in [2.45, 2.75) is 46.1 Å². The Kier molecular flexibility index (Phi) is 3.50. The molecule has 1 atom stereocenters. The van der Waals surface area contributed by atoms with Crippen molar-refractivity contribution in [2.24, 2.45) is 11.1 Å². The molecule has 0 aromatic rings. The van der Waals surface area contributed by atoms with Gasteiger partial charge in [-0.3, -0.25) is 14.5 Å². The minimum atomic E-state index is -0.458. The average Bonchev–Trinajstić information content (AvgIpc) is 2.50. The van der Waals surface area contributed by atoms with Crippen molar-refractivity contribution >= 4 is 11.8 Å². The molecule has 0 saturated carbocycles. The number of amides is 2. The molecule has 0 aromatic carbocycles. The number of rotatable bonds is 4. The van der Waals surface area contributed by atoms with Gasteiger partial charge in [-0.2, -0.15) is 0 Å². The molecule has 15 heavy (non-hydrogen) atoms. The van der Waals surface area contributed by atoms with Crippen LogP contribution in [0.25, 0.3) is 0 Å². The maximum absolute atomic E-state index is 12.1. The Morgan fingerprint density at radius 2 is 1.93 bits per heavy atom. The molecule has 2 amide bonds. The van der Waals surface area contributed by atoms with E-state index < -0.39 is 5.41 Å². The smallest absolute Gasteiger partial charge is 0.236 e. The molecule has 2 N–H and O–H groups in total. The van der Waals surface area contributed by atoms with Crippen LogP contribution in [0.3, 0.4) is 0 Å². The maximum atomic E-state index is 12.1. The van der Waals surface area contributed by atoms with Gasteiger partial charge in [0.2, 0.25) is 11.8 Å². The second kappa shape index (κ2) is 4.31. The van der Waals surface area contributed by atoms with Crippen molar-refractivity contribution in [1.29, 1.82) is 0 Å². The molecule has 0 aromatic heterocycles. The second-order valence-corrected chi connectivity index (χ2v) is 4.32. The molecule has 0 radical (unpaired) electrons. The van der Waals surface area contributed by atoms with Crippen LogP contribution in [0.4, 0.5) is 0 Å². The highest BCUT2D eigenvalue weighted by Crippen LogP contribution is 2.39. The first-order valence-electron chi connectivity index (χ1n) is 5.59. The SMILES string of the molecule is CCC1(CC)CC(=O)N(C(C)CN)C1=O. The van der Waals surface area contributed by atoms with Crippen LogP contribution in [0.15, 0.2) is 0 Å². The number of nitrogens with two attached hydrogens (primary N) is 1. The van der Waals surface area contributed by atoms with Crippen molar-refractivity contribution in [1.82, 2.24) is 4.90 Å². The maximum Gasteiger partial charge on any atom is 0.236 e. The highest BCUT2D eigenvalue weighted by molar-refractivity contribution is 6.06. The lowest BCUT2D eigenvalue weighted by molar-refractivity contribution is -0.143. The lowest BCUT2D eigenvalue weighted by atomic mass is 9.81. The molecule has 0 bridgehead atoms. The van der Waals surface area contributed by atoms with E-state index in [-0.39, 0.29) is 17.9 Å². The lowest BCUT2D eigenvalue weighted by Crippen LogP contribution is -2.44. The minimum absolute atomic E-state index is 0.0320. The van der Waals surface area contributed by atoms with E-state index in [9.17, 15) is 9.59 Å². The summed E-state index contributed by atoms with van der Waals surface area (Å²) in [6, 6.07) is -0.176. The standard InChI is InChI=1S/C11H20N2O2/c1-4-11(5-2)6-9(14)13(10(11)15)8(3)7-12/h8H,4-7,12H2,1-3H3. The highest BCUT2D eigenvalue weighted by Gasteiger charge is 2.50. The van der Waals surface area contributed by atoms with Crippen LogP contribution in [0, 0.1) is 5.41 Å². The molecule has 1 aliphatic heterocycles. The van der Waals surface area contributed by atoms with Crippen LogP contribution in [0.5, 0.6) is 0 Å². The van der Waals surface area contributed by atoms with E-state index in [1.807, 2.05) is 20.8 Å². The first kappa shape index (κ1) is 12.2. The summed E-state index contributed by atoms with van der Waals surface area (Å²) in [5, 5.41) is 0. The predicted molar refractivity (Wildman–Crippen MR) is 58.0 cm³/mol. The Labute approximate surface area is 90.8 Å². The van der Waals surface area contributed by atoms with Gasteiger partial charge < -0.3 is 5.73 Å². The zero-order valence-corrected chi connectivity index (χ0v) is 9.75. The zero-order chi connectivity index (χ0) is 11.6. The van der Waals surface area contributed by atoms with Crippen LogP contribution >= 0.6 is 0 Å². The van der Waals surface area contributed by atoms with Crippen LogP contribution in [-0.4, -0.2) is 29.3 Å². The summed E-state index contributed by atoms with van der Waals surface area (Å²) in [5.74, 6) is -0.0999. The lowest BCUT2D eigenvalue weighted by Gasteiger charge is -2.26. The summed E-state index contributed by atoms with van der Waals surface area (Å²) < 4.78 is 0. The molecular formula is C11H20N2O2. The van der Waals surface area contributed by atoms with E-state index in [0.717, 1.165) is 12.8 Å². The first-order chi connectivity index (χ1) is 7.02. The summed E-state index contributed by atoms with van der Waals surface area (Å²) in [7, 11) is 0. The van der Waals surface area contributed by atoms with Crippen molar-refractivity contribution in [3.8, 4) is 0 Å². The van der Waals surface area contributed by atoms with Crippen LogP contribution in [-0.2, 0) is 9.59 Å². The van der Waals surface area contributed by atoms with Crippen molar-refractivity contribution in [2.75, 3.05) is 6.54 Å². The molecule has 86 valence electrons. The molecule has 0 spiro atoms. The number of carbonyl (C=O) groups is 2. The van der Waals surface area contributed by atoms with E-state index >= 15 is 0 Å². The molecule has 1 saturated heterocycles. The number of likely N-dealkylation sites (tertiary alicyclic amines) is 1. The van der Waals surface area contributed by atoms with E-state index in [0.29, 0.717) is 13.0 Å². The van der Waals surface area contributed by atoms with E-state index in [1.165, 1.54) is 4.90 Å². The van der Waals surface area contributed by atoms with Crippen LogP contribution < -0.4 is 5.73 Å². The van der Waals surface area contributed by atoms with Gasteiger partial charge in [-0.05, 0) is 19.8 Å². The topological polar surface area (TPSA) is 63.4 Å². The van der Waals surface area contributed by atoms with E-state index in [4.69, 9.17) is 5.73 Å². The van der Waals surface area contributed by atoms with Gasteiger partial charge in [0.1, 0.15) is 0 Å². The van der Waals surface area contributed by atoms with Gasteiger partial charge in [0.15, 0.2) is 0 Å². The number of nitrogens with zero attached hydrogens (tertiary/aromatic N) is 1. The van der Waals surface area contributed by atoms with Gasteiger partial charge in [-0.1, -0.05) is 13.8 Å². The molecule has 1 rings (SSSR count). The molecule has 4 nitrogen and oxygen atoms in total. The molecule has 0 aliphatic carbocycles. The summed E-state index contributed by atoms with van der Waals surface area (Å²) in [6.45, 7) is 6.08. The molecular weight excluding hydrogens is 192 g/mol. The fraction of sp³-hybridized carbons (Fsp3) is 0.818. The molecule has 4 heteroatoms. The monoisotopic (exact) mass is 212 g/mol. The Hall–Kier alpha value is -0.900. The predicted octanol–water partition coefficient (Wildman–Crippen LogP) is 0.899. The van der Waals surface area contributed by atoms with Gasteiger partial charge in [-0.25, -0.2) is 0 Å². The van der Waals surface area contributed by atoms with Crippen molar-refractivity contribution in [3.05, 3.63) is 0 Å². The Bertz CT molecular complexity index is 272. The molecule has 1 unspecified atom stereocenters. The quantitative estimate of drug-likeness (QED) is 0.704. The third-order valence-electron chi connectivity index (χ3n) is 3.57. The number of imide groups is 1. The van der Waals surface area contributed by atoms with Crippen molar-refractivity contribution < 1.29 is 9.59 Å². The Morgan fingerprint density at radius 3 is 2.27 bits per heavy atom. The number of carbonyl (C=O) groups excluding carboxylic acids is 2. The van der Waals surface area contributed by atoms with Gasteiger partial charge in [0.25, 0.3) is 0 Å². The van der Waals surface area contributed by atoms with E-state index in [2.05, 4.69) is 0 Å². The summed E-state index contributed by atoms with van der Waals surface area (Å²) in [6.07, 6.45) is 1.80. The zero-order valence-electron chi connectivity index (χ0n) is 9.75. The van der Waals surface area contributed by atoms with Gasteiger partial charge >= 0.3 is 0 Å². The minimum Gasteiger partial charge on any atom is -0.328 e. The van der Waals surface area contributed by atoms with Crippen molar-refractivity contribution in [3.63, 3.8) is 0 Å². The summed E-state index contributed by atoms with van der Waals surface area (Å²) >= 11 is 0. The summed E-state index contributed by atoms with van der Waals surface area (Å²) in [4.78, 5) is 25.3.